The van der Waals surface area contributed by atoms with E-state index in [0.717, 1.165) is 109 Å². The molecule has 0 aliphatic heterocycles. The number of unbranched alkanes of at least 4 members (excludes halogenated alkanes) is 10. The van der Waals surface area contributed by atoms with Gasteiger partial charge in [0.15, 0.2) is 6.10 Å². The quantitative estimate of drug-likeness (QED) is 0.0347. The van der Waals surface area contributed by atoms with E-state index in [9.17, 15) is 9.59 Å². The highest BCUT2D eigenvalue weighted by molar-refractivity contribution is 5.70. The Kier molecular flexibility index (Phi) is 48.1. The van der Waals surface area contributed by atoms with Crippen LogP contribution in [0.3, 0.4) is 0 Å². The number of carbonyl (C=O) groups excluding carboxylic acids is 2. The molecule has 0 radical (unpaired) electrons. The van der Waals surface area contributed by atoms with Gasteiger partial charge in [0.05, 0.1) is 6.61 Å². The van der Waals surface area contributed by atoms with Gasteiger partial charge in [-0.2, -0.15) is 0 Å². The van der Waals surface area contributed by atoms with Crippen molar-refractivity contribution >= 4 is 11.9 Å². The van der Waals surface area contributed by atoms with Gasteiger partial charge >= 0.3 is 11.9 Å². The minimum atomic E-state index is -0.602. The largest absolute Gasteiger partial charge is 0.462 e. The van der Waals surface area contributed by atoms with Crippen molar-refractivity contribution in [2.45, 2.75) is 194 Å². The van der Waals surface area contributed by atoms with Gasteiger partial charge in [0.1, 0.15) is 6.61 Å². The van der Waals surface area contributed by atoms with E-state index in [4.69, 9.17) is 14.2 Å². The van der Waals surface area contributed by atoms with Gasteiger partial charge in [-0.3, -0.25) is 9.59 Å². The van der Waals surface area contributed by atoms with Gasteiger partial charge < -0.3 is 14.2 Å². The first-order chi connectivity index (χ1) is 30.6. The van der Waals surface area contributed by atoms with Gasteiger partial charge in [0, 0.05) is 19.4 Å². The molecule has 0 fully saturated rings. The average Bonchev–Trinajstić information content (AvgIpc) is 3.27. The topological polar surface area (TPSA) is 61.8 Å². The molecule has 0 aromatic carbocycles. The summed E-state index contributed by atoms with van der Waals surface area (Å²) >= 11 is 0. The SMILES string of the molecule is CC/C=C\C/C=C\C/C=C\C/C=C\C/C=C\CCCCCC(=O)OCC(COCCCCCCCC/C=C\C/C=C\CCC)OC(=O)CC/C=C\C/C=C\C/C=C\C/C=C\CC. The lowest BCUT2D eigenvalue weighted by Gasteiger charge is -2.18. The van der Waals surface area contributed by atoms with Crippen LogP contribution in [0, 0.1) is 0 Å². The zero-order chi connectivity index (χ0) is 44.9. The fourth-order valence-corrected chi connectivity index (χ4v) is 6.06. The van der Waals surface area contributed by atoms with Crippen molar-refractivity contribution in [2.24, 2.45) is 0 Å². The van der Waals surface area contributed by atoms with Crippen LogP contribution < -0.4 is 0 Å². The second-order valence-electron chi connectivity index (χ2n) is 15.6. The first-order valence-corrected chi connectivity index (χ1v) is 24.7. The molecule has 0 bridgehead atoms. The monoisotopic (exact) mass is 855 g/mol. The Morgan fingerprint density at radius 1 is 0.371 bits per heavy atom. The molecule has 0 amide bonds. The predicted molar refractivity (Wildman–Crippen MR) is 269 cm³/mol. The minimum absolute atomic E-state index is 0.0258. The standard InChI is InChI=1S/C57H90O5/c1-4-7-10-13-16-19-22-25-27-28-29-30-31-33-35-38-41-44-47-50-56(58)61-54-55(53-60-52-49-46-43-40-37-34-26-23-20-17-14-11-8-5-2)62-57(59)51-48-45-42-39-36-32-24-21-18-15-12-9-6-3/h7,9-12,14,16,18-21,23,25,27,29-30,32-33,35-36,42,45,55H,4-6,8,13,15,17,22,24,26,28,31,34,37-41,43-44,46-54H2,1-3H3/b10-7-,12-9-,14-11-,19-16-,21-18-,23-20-,27-25-,30-29-,35-33-,36-32-,45-42-. The number of hydrogen-bond acceptors (Lipinski definition) is 5. The number of esters is 2. The van der Waals surface area contributed by atoms with Crippen LogP contribution in [0.5, 0.6) is 0 Å². The van der Waals surface area contributed by atoms with Crippen LogP contribution >= 0.6 is 0 Å². The Morgan fingerprint density at radius 3 is 1.23 bits per heavy atom. The normalized spacial score (nSPS) is 13.4. The Morgan fingerprint density at radius 2 is 0.758 bits per heavy atom. The summed E-state index contributed by atoms with van der Waals surface area (Å²) in [5.74, 6) is -0.546. The van der Waals surface area contributed by atoms with Gasteiger partial charge in [-0.1, -0.05) is 193 Å². The molecule has 0 saturated carbocycles. The number of carbonyl (C=O) groups is 2. The van der Waals surface area contributed by atoms with Gasteiger partial charge in [0.2, 0.25) is 0 Å². The van der Waals surface area contributed by atoms with Crippen LogP contribution in [0.1, 0.15) is 188 Å². The highest BCUT2D eigenvalue weighted by Gasteiger charge is 2.17. The fourth-order valence-electron chi connectivity index (χ4n) is 6.06. The molecule has 5 nitrogen and oxygen atoms in total. The van der Waals surface area contributed by atoms with E-state index < -0.39 is 6.10 Å². The fraction of sp³-hybridized carbons (Fsp3) is 0.579. The zero-order valence-electron chi connectivity index (χ0n) is 39.8. The maximum Gasteiger partial charge on any atom is 0.306 e. The average molecular weight is 855 g/mol. The van der Waals surface area contributed by atoms with E-state index in [0.29, 0.717) is 19.4 Å². The van der Waals surface area contributed by atoms with Crippen LogP contribution in [0.25, 0.3) is 0 Å². The molecule has 0 spiro atoms. The predicted octanol–water partition coefficient (Wildman–Crippen LogP) is 16.8. The lowest BCUT2D eigenvalue weighted by atomic mass is 10.1. The molecule has 1 unspecified atom stereocenters. The lowest BCUT2D eigenvalue weighted by molar-refractivity contribution is -0.162. The molecule has 0 aliphatic carbocycles. The third-order valence-corrected chi connectivity index (χ3v) is 9.65. The summed E-state index contributed by atoms with van der Waals surface area (Å²) < 4.78 is 17.3. The summed E-state index contributed by atoms with van der Waals surface area (Å²) in [6, 6.07) is 0. The van der Waals surface area contributed by atoms with E-state index in [-0.39, 0.29) is 31.6 Å². The Bertz CT molecular complexity index is 1330. The van der Waals surface area contributed by atoms with E-state index in [1.54, 1.807) is 0 Å². The Hall–Kier alpha value is -3.96. The summed E-state index contributed by atoms with van der Waals surface area (Å²) in [4.78, 5) is 25.3. The smallest absolute Gasteiger partial charge is 0.306 e. The van der Waals surface area contributed by atoms with Gasteiger partial charge in [-0.15, -0.1) is 0 Å². The van der Waals surface area contributed by atoms with Crippen LogP contribution in [-0.2, 0) is 23.8 Å². The number of ether oxygens (including phenoxy) is 3. The van der Waals surface area contributed by atoms with Gasteiger partial charge in [-0.05, 0) is 116 Å². The first-order valence-electron chi connectivity index (χ1n) is 24.7. The first kappa shape index (κ1) is 58.0. The Labute approximate surface area is 381 Å². The minimum Gasteiger partial charge on any atom is -0.462 e. The van der Waals surface area contributed by atoms with Crippen LogP contribution in [0.15, 0.2) is 134 Å². The molecule has 0 saturated heterocycles. The van der Waals surface area contributed by atoms with Crippen molar-refractivity contribution in [1.82, 2.24) is 0 Å². The molecule has 0 aromatic rings. The number of allylic oxidation sites excluding steroid dienone is 22. The summed E-state index contributed by atoms with van der Waals surface area (Å²) in [7, 11) is 0. The molecule has 62 heavy (non-hydrogen) atoms. The van der Waals surface area contributed by atoms with E-state index >= 15 is 0 Å². The molecular weight excluding hydrogens is 765 g/mol. The third-order valence-electron chi connectivity index (χ3n) is 9.65. The molecule has 5 heteroatoms. The van der Waals surface area contributed by atoms with Crippen LogP contribution in [0.2, 0.25) is 0 Å². The van der Waals surface area contributed by atoms with E-state index in [1.807, 2.05) is 6.08 Å². The van der Waals surface area contributed by atoms with Crippen molar-refractivity contribution in [1.29, 1.82) is 0 Å². The molecule has 0 aromatic heterocycles. The van der Waals surface area contributed by atoms with Crippen LogP contribution in [0.4, 0.5) is 0 Å². The van der Waals surface area contributed by atoms with Crippen molar-refractivity contribution in [3.05, 3.63) is 134 Å². The second-order valence-corrected chi connectivity index (χ2v) is 15.6. The summed E-state index contributed by atoms with van der Waals surface area (Å²) in [6.45, 7) is 7.37. The molecule has 0 N–H and O–H groups in total. The molecule has 0 heterocycles. The summed E-state index contributed by atoms with van der Waals surface area (Å²) in [5, 5.41) is 0. The van der Waals surface area contributed by atoms with Gasteiger partial charge in [-0.25, -0.2) is 0 Å². The van der Waals surface area contributed by atoms with Crippen molar-refractivity contribution in [3.8, 4) is 0 Å². The maximum absolute atomic E-state index is 12.7. The van der Waals surface area contributed by atoms with Crippen LogP contribution in [-0.4, -0.2) is 37.9 Å². The molecule has 0 rings (SSSR count). The van der Waals surface area contributed by atoms with E-state index in [2.05, 4.69) is 148 Å². The number of hydrogen-bond donors (Lipinski definition) is 0. The Balaban J connectivity index is 4.45. The summed E-state index contributed by atoms with van der Waals surface area (Å²) in [6.07, 6.45) is 73.3. The molecule has 0 aliphatic rings. The van der Waals surface area contributed by atoms with E-state index in [1.165, 1.54) is 38.5 Å². The number of rotatable bonds is 43. The van der Waals surface area contributed by atoms with Crippen molar-refractivity contribution in [3.63, 3.8) is 0 Å². The third kappa shape index (κ3) is 48.7. The van der Waals surface area contributed by atoms with Crippen molar-refractivity contribution < 1.29 is 23.8 Å². The van der Waals surface area contributed by atoms with Gasteiger partial charge in [0.25, 0.3) is 0 Å². The zero-order valence-corrected chi connectivity index (χ0v) is 39.8. The maximum atomic E-state index is 12.7. The second kappa shape index (κ2) is 51.4. The molecular formula is C57H90O5. The van der Waals surface area contributed by atoms with Crippen molar-refractivity contribution in [2.75, 3.05) is 19.8 Å². The molecule has 1 atom stereocenters. The summed E-state index contributed by atoms with van der Waals surface area (Å²) in [5.41, 5.74) is 0. The highest BCUT2D eigenvalue weighted by atomic mass is 16.6. The lowest BCUT2D eigenvalue weighted by Crippen LogP contribution is -2.30. The molecule has 348 valence electrons. The highest BCUT2D eigenvalue weighted by Crippen LogP contribution is 2.10.